The molecule has 2 saturated carbocycles. The summed E-state index contributed by atoms with van der Waals surface area (Å²) in [4.78, 5) is 21.8. The summed E-state index contributed by atoms with van der Waals surface area (Å²) in [6.07, 6.45) is 6.23. The molecule has 2 fully saturated rings. The van der Waals surface area contributed by atoms with Crippen molar-refractivity contribution in [1.29, 1.82) is 0 Å². The number of rotatable bonds is 9. The molecule has 0 aromatic carbocycles. The molecule has 0 unspecified atom stereocenters. The number of carbonyl (C=O) groups is 1. The lowest BCUT2D eigenvalue weighted by molar-refractivity contribution is 0.0883. The number of halogens is 1. The average molecular weight is 402 g/mol. The van der Waals surface area contributed by atoms with E-state index in [4.69, 9.17) is 9.26 Å². The topological polar surface area (TPSA) is 90.1 Å². The van der Waals surface area contributed by atoms with Crippen LogP contribution >= 0.6 is 0 Å². The summed E-state index contributed by atoms with van der Waals surface area (Å²) >= 11 is 0. The molecule has 2 aromatic heterocycles. The fourth-order valence-electron chi connectivity index (χ4n) is 3.56. The standard InChI is InChI=1S/C21H27FN4O3/c1-12(10-22)28-18-8-17(23-11-16(18)15-6-7-15)19(27)25-21(3,9-14-4-5-14)20-24-13(2)29-26-20/h8,11-12,14-15H,4-7,9-10H2,1-3H3,(H,25,27)/t12-,21+/m1/s1. The van der Waals surface area contributed by atoms with E-state index in [1.807, 2.05) is 6.92 Å². The van der Waals surface area contributed by atoms with Crippen LogP contribution in [0.4, 0.5) is 4.39 Å². The summed E-state index contributed by atoms with van der Waals surface area (Å²) in [6.45, 7) is 4.71. The minimum Gasteiger partial charge on any atom is -0.488 e. The Morgan fingerprint density at radius 2 is 2.17 bits per heavy atom. The van der Waals surface area contributed by atoms with Crippen LogP contribution < -0.4 is 10.1 Å². The SMILES string of the molecule is Cc1nc([C@](C)(CC2CC2)NC(=O)c2cc(O[C@H](C)CF)c(C3CC3)cn2)no1. The molecule has 0 saturated heterocycles. The largest absolute Gasteiger partial charge is 0.488 e. The molecule has 2 heterocycles. The van der Waals surface area contributed by atoms with E-state index >= 15 is 0 Å². The maximum Gasteiger partial charge on any atom is 0.270 e. The molecule has 8 heteroatoms. The van der Waals surface area contributed by atoms with Crippen LogP contribution in [0.3, 0.4) is 0 Å². The molecule has 156 valence electrons. The number of pyridine rings is 1. The number of aromatic nitrogens is 3. The zero-order chi connectivity index (χ0) is 20.6. The van der Waals surface area contributed by atoms with Crippen molar-refractivity contribution in [2.24, 2.45) is 5.92 Å². The molecule has 1 N–H and O–H groups in total. The maximum absolute atomic E-state index is 13.1. The van der Waals surface area contributed by atoms with Gasteiger partial charge < -0.3 is 14.6 Å². The highest BCUT2D eigenvalue weighted by atomic mass is 19.1. The summed E-state index contributed by atoms with van der Waals surface area (Å²) in [5, 5.41) is 7.09. The molecule has 0 bridgehead atoms. The summed E-state index contributed by atoms with van der Waals surface area (Å²) in [7, 11) is 0. The zero-order valence-corrected chi connectivity index (χ0v) is 17.1. The second-order valence-corrected chi connectivity index (χ2v) is 8.54. The van der Waals surface area contributed by atoms with E-state index in [1.165, 1.54) is 0 Å². The quantitative estimate of drug-likeness (QED) is 0.685. The molecule has 2 aromatic rings. The van der Waals surface area contributed by atoms with Crippen molar-refractivity contribution in [3.8, 4) is 5.75 Å². The van der Waals surface area contributed by atoms with Crippen molar-refractivity contribution in [1.82, 2.24) is 20.4 Å². The van der Waals surface area contributed by atoms with E-state index in [9.17, 15) is 9.18 Å². The van der Waals surface area contributed by atoms with E-state index in [0.717, 1.165) is 37.7 Å². The molecule has 0 spiro atoms. The number of nitrogens with one attached hydrogen (secondary N) is 1. The van der Waals surface area contributed by atoms with Crippen LogP contribution in [0.2, 0.25) is 0 Å². The van der Waals surface area contributed by atoms with Crippen LogP contribution in [0, 0.1) is 12.8 Å². The number of carbonyl (C=O) groups excluding carboxylic acids is 1. The van der Waals surface area contributed by atoms with Gasteiger partial charge in [0, 0.05) is 24.8 Å². The molecule has 0 aliphatic heterocycles. The van der Waals surface area contributed by atoms with E-state index in [2.05, 4.69) is 20.4 Å². The van der Waals surface area contributed by atoms with Crippen LogP contribution in [0.1, 0.15) is 79.6 Å². The van der Waals surface area contributed by atoms with Gasteiger partial charge in [0.1, 0.15) is 29.8 Å². The van der Waals surface area contributed by atoms with Crippen molar-refractivity contribution in [3.05, 3.63) is 35.2 Å². The third kappa shape index (κ3) is 4.57. The van der Waals surface area contributed by atoms with Crippen molar-refractivity contribution >= 4 is 5.91 Å². The lowest BCUT2D eigenvalue weighted by Crippen LogP contribution is -2.45. The second kappa shape index (κ2) is 7.72. The molecule has 4 rings (SSSR count). The van der Waals surface area contributed by atoms with E-state index in [-0.39, 0.29) is 11.6 Å². The van der Waals surface area contributed by atoms with Gasteiger partial charge in [-0.3, -0.25) is 9.78 Å². The number of hydrogen-bond acceptors (Lipinski definition) is 6. The van der Waals surface area contributed by atoms with Gasteiger partial charge in [0.2, 0.25) is 5.89 Å². The lowest BCUT2D eigenvalue weighted by atomic mass is 9.93. The summed E-state index contributed by atoms with van der Waals surface area (Å²) in [5.41, 5.74) is 0.425. The van der Waals surface area contributed by atoms with E-state index in [0.29, 0.717) is 29.3 Å². The highest BCUT2D eigenvalue weighted by molar-refractivity contribution is 5.93. The van der Waals surface area contributed by atoms with Crippen molar-refractivity contribution in [3.63, 3.8) is 0 Å². The first-order valence-electron chi connectivity index (χ1n) is 10.2. The van der Waals surface area contributed by atoms with Crippen LogP contribution in [0.5, 0.6) is 5.75 Å². The Morgan fingerprint density at radius 3 is 2.76 bits per heavy atom. The Kier molecular flexibility index (Phi) is 5.27. The molecule has 2 aliphatic rings. The Morgan fingerprint density at radius 1 is 1.41 bits per heavy atom. The van der Waals surface area contributed by atoms with Crippen molar-refractivity contribution < 1.29 is 18.4 Å². The lowest BCUT2D eigenvalue weighted by Gasteiger charge is -2.27. The summed E-state index contributed by atoms with van der Waals surface area (Å²) in [5.74, 6) is 2.04. The Bertz CT molecular complexity index is 894. The van der Waals surface area contributed by atoms with Gasteiger partial charge in [-0.25, -0.2) is 4.39 Å². The Hall–Kier alpha value is -2.51. The smallest absolute Gasteiger partial charge is 0.270 e. The predicted molar refractivity (Wildman–Crippen MR) is 103 cm³/mol. The minimum absolute atomic E-state index is 0.234. The van der Waals surface area contributed by atoms with Crippen LogP contribution in [-0.4, -0.2) is 33.8 Å². The first kappa shape index (κ1) is 19.8. The third-order valence-electron chi connectivity index (χ3n) is 5.49. The molecule has 29 heavy (non-hydrogen) atoms. The van der Waals surface area contributed by atoms with Gasteiger partial charge in [0.05, 0.1) is 0 Å². The zero-order valence-electron chi connectivity index (χ0n) is 17.1. The molecule has 2 atom stereocenters. The molecule has 1 amide bonds. The summed E-state index contributed by atoms with van der Waals surface area (Å²) in [6, 6.07) is 1.62. The second-order valence-electron chi connectivity index (χ2n) is 8.54. The van der Waals surface area contributed by atoms with Crippen molar-refractivity contribution in [2.75, 3.05) is 6.67 Å². The monoisotopic (exact) mass is 402 g/mol. The number of aryl methyl sites for hydroxylation is 1. The van der Waals surface area contributed by atoms with Crippen molar-refractivity contribution in [2.45, 2.75) is 70.4 Å². The molecular formula is C21H27FN4O3. The highest BCUT2D eigenvalue weighted by Crippen LogP contribution is 2.44. The van der Waals surface area contributed by atoms with Crippen LogP contribution in [0.25, 0.3) is 0 Å². The van der Waals surface area contributed by atoms with Crippen LogP contribution in [-0.2, 0) is 5.54 Å². The number of alkyl halides is 1. The molecule has 2 aliphatic carbocycles. The molecule has 7 nitrogen and oxygen atoms in total. The fraction of sp³-hybridized carbons (Fsp3) is 0.619. The first-order valence-corrected chi connectivity index (χ1v) is 10.2. The maximum atomic E-state index is 13.1. The van der Waals surface area contributed by atoms with Gasteiger partial charge in [-0.2, -0.15) is 4.98 Å². The highest BCUT2D eigenvalue weighted by Gasteiger charge is 2.40. The molecule has 0 radical (unpaired) electrons. The number of nitrogens with zero attached hydrogens (tertiary/aromatic N) is 3. The average Bonchev–Trinajstić information content (AvgIpc) is 3.62. The number of ether oxygens (including phenoxy) is 1. The number of amides is 1. The summed E-state index contributed by atoms with van der Waals surface area (Å²) < 4.78 is 23.9. The van der Waals surface area contributed by atoms with Crippen LogP contribution in [0.15, 0.2) is 16.8 Å². The van der Waals surface area contributed by atoms with Gasteiger partial charge in [-0.15, -0.1) is 0 Å². The van der Waals surface area contributed by atoms with Gasteiger partial charge in [0.25, 0.3) is 5.91 Å². The first-order chi connectivity index (χ1) is 13.9. The molecular weight excluding hydrogens is 375 g/mol. The van der Waals surface area contributed by atoms with E-state index in [1.54, 1.807) is 26.1 Å². The normalized spacial score (nSPS) is 19.4. The fourth-order valence-corrected chi connectivity index (χ4v) is 3.56. The Balaban J connectivity index is 1.58. The Labute approximate surface area is 169 Å². The minimum atomic E-state index is -0.750. The van der Waals surface area contributed by atoms with Gasteiger partial charge in [-0.1, -0.05) is 18.0 Å². The predicted octanol–water partition coefficient (Wildman–Crippen LogP) is 3.83. The van der Waals surface area contributed by atoms with Gasteiger partial charge >= 0.3 is 0 Å². The third-order valence-corrected chi connectivity index (χ3v) is 5.49. The number of hydrogen-bond donors (Lipinski definition) is 1. The van der Waals surface area contributed by atoms with Gasteiger partial charge in [0.15, 0.2) is 5.82 Å². The van der Waals surface area contributed by atoms with Gasteiger partial charge in [-0.05, 0) is 44.9 Å². The van der Waals surface area contributed by atoms with E-state index < -0.39 is 18.3 Å².